The Morgan fingerprint density at radius 3 is 2.64 bits per heavy atom. The molecule has 1 heterocycles. The highest BCUT2D eigenvalue weighted by Gasteiger charge is 2.02. The Kier molecular flexibility index (Phi) is 3.18. The molecule has 1 nitrogen and oxygen atoms in total. The summed E-state index contributed by atoms with van der Waals surface area (Å²) in [5, 5.41) is 1.09. The Morgan fingerprint density at radius 2 is 2.18 bits per heavy atom. The highest BCUT2D eigenvalue weighted by molar-refractivity contribution is 9.09. The Bertz CT molecular complexity index is 208. The van der Waals surface area contributed by atoms with Gasteiger partial charge < -0.3 is 4.98 Å². The first-order valence-corrected chi connectivity index (χ1v) is 5.07. The lowest BCUT2D eigenvalue weighted by Crippen LogP contribution is -1.88. The van der Waals surface area contributed by atoms with Gasteiger partial charge in [-0.1, -0.05) is 15.9 Å². The third-order valence-corrected chi connectivity index (χ3v) is 2.55. The lowest BCUT2D eigenvalue weighted by molar-refractivity contribution is 0.922. The van der Waals surface area contributed by atoms with Crippen LogP contribution in [0.2, 0.25) is 0 Å². The van der Waals surface area contributed by atoms with Crippen molar-refractivity contribution >= 4 is 15.9 Å². The minimum atomic E-state index is 1.09. The molecule has 0 saturated carbocycles. The molecule has 0 unspecified atom stereocenters. The summed E-state index contributed by atoms with van der Waals surface area (Å²) >= 11 is 3.43. The van der Waals surface area contributed by atoms with E-state index in [0.717, 1.165) is 5.33 Å². The number of rotatable bonds is 3. The van der Waals surface area contributed by atoms with Crippen molar-refractivity contribution in [2.45, 2.75) is 26.7 Å². The molecule has 0 atom stereocenters. The maximum atomic E-state index is 3.43. The summed E-state index contributed by atoms with van der Waals surface area (Å²) in [7, 11) is 0. The summed E-state index contributed by atoms with van der Waals surface area (Å²) in [6.45, 7) is 4.30. The molecule has 62 valence electrons. The molecular formula is C9H14BrN. The average Bonchev–Trinajstić information content (AvgIpc) is 2.29. The van der Waals surface area contributed by atoms with E-state index in [-0.39, 0.29) is 0 Å². The standard InChI is InChI=1S/C9H14BrN/c1-7-6-11-8(2)9(7)4-3-5-10/h6,11H,3-5H2,1-2H3. The predicted octanol–water partition coefficient (Wildman–Crippen LogP) is 2.96. The Labute approximate surface area is 76.3 Å². The van der Waals surface area contributed by atoms with Crippen molar-refractivity contribution in [3.63, 3.8) is 0 Å². The molecule has 0 radical (unpaired) electrons. The molecule has 0 aliphatic heterocycles. The summed E-state index contributed by atoms with van der Waals surface area (Å²) in [5.74, 6) is 0. The van der Waals surface area contributed by atoms with Gasteiger partial charge in [0.1, 0.15) is 0 Å². The Balaban J connectivity index is 2.67. The second kappa shape index (κ2) is 3.96. The molecule has 1 N–H and O–H groups in total. The average molecular weight is 216 g/mol. The fourth-order valence-electron chi connectivity index (χ4n) is 1.31. The molecule has 11 heavy (non-hydrogen) atoms. The molecule has 0 bridgehead atoms. The molecule has 2 heteroatoms. The summed E-state index contributed by atoms with van der Waals surface area (Å²) < 4.78 is 0. The van der Waals surface area contributed by atoms with Crippen molar-refractivity contribution in [2.24, 2.45) is 0 Å². The fraction of sp³-hybridized carbons (Fsp3) is 0.556. The minimum absolute atomic E-state index is 1.09. The molecule has 0 saturated heterocycles. The van der Waals surface area contributed by atoms with E-state index in [1.165, 1.54) is 29.7 Å². The zero-order chi connectivity index (χ0) is 8.27. The van der Waals surface area contributed by atoms with E-state index < -0.39 is 0 Å². The van der Waals surface area contributed by atoms with E-state index in [2.05, 4.69) is 41.0 Å². The van der Waals surface area contributed by atoms with Crippen molar-refractivity contribution in [3.05, 3.63) is 23.0 Å². The van der Waals surface area contributed by atoms with Crippen LogP contribution in [0, 0.1) is 13.8 Å². The summed E-state index contributed by atoms with van der Waals surface area (Å²) in [5.41, 5.74) is 4.20. The first-order chi connectivity index (χ1) is 5.25. The number of hydrogen-bond acceptors (Lipinski definition) is 0. The number of H-pyrrole nitrogens is 1. The number of halogens is 1. The van der Waals surface area contributed by atoms with Gasteiger partial charge in [-0.15, -0.1) is 0 Å². The van der Waals surface area contributed by atoms with Gasteiger partial charge >= 0.3 is 0 Å². The van der Waals surface area contributed by atoms with Gasteiger partial charge in [-0.3, -0.25) is 0 Å². The molecule has 0 fully saturated rings. The minimum Gasteiger partial charge on any atom is -0.365 e. The summed E-state index contributed by atoms with van der Waals surface area (Å²) in [6, 6.07) is 0. The molecule has 1 rings (SSSR count). The summed E-state index contributed by atoms with van der Waals surface area (Å²) in [6.07, 6.45) is 4.49. The molecule has 0 aliphatic carbocycles. The SMILES string of the molecule is Cc1c[nH]c(C)c1CCCBr. The van der Waals surface area contributed by atoms with Gasteiger partial charge in [-0.2, -0.15) is 0 Å². The number of aromatic amines is 1. The number of nitrogens with one attached hydrogen (secondary N) is 1. The number of alkyl halides is 1. The van der Waals surface area contributed by atoms with Crippen LogP contribution < -0.4 is 0 Å². The smallest absolute Gasteiger partial charge is 0.0150 e. The van der Waals surface area contributed by atoms with Crippen LogP contribution >= 0.6 is 15.9 Å². The van der Waals surface area contributed by atoms with E-state index in [9.17, 15) is 0 Å². The van der Waals surface area contributed by atoms with E-state index in [0.29, 0.717) is 0 Å². The molecule has 1 aromatic heterocycles. The van der Waals surface area contributed by atoms with E-state index in [4.69, 9.17) is 0 Å². The van der Waals surface area contributed by atoms with Gasteiger partial charge in [0.15, 0.2) is 0 Å². The Hall–Kier alpha value is -0.240. The van der Waals surface area contributed by atoms with Crippen LogP contribution in [0.5, 0.6) is 0 Å². The van der Waals surface area contributed by atoms with Gasteiger partial charge in [0.05, 0.1) is 0 Å². The Morgan fingerprint density at radius 1 is 1.45 bits per heavy atom. The van der Waals surface area contributed by atoms with Gasteiger partial charge in [-0.05, 0) is 37.8 Å². The third kappa shape index (κ3) is 2.09. The largest absolute Gasteiger partial charge is 0.365 e. The molecular weight excluding hydrogens is 202 g/mol. The van der Waals surface area contributed by atoms with Crippen molar-refractivity contribution in [3.8, 4) is 0 Å². The number of aromatic nitrogens is 1. The molecule has 0 aromatic carbocycles. The van der Waals surface area contributed by atoms with Gasteiger partial charge in [-0.25, -0.2) is 0 Å². The predicted molar refractivity (Wildman–Crippen MR) is 52.4 cm³/mol. The fourth-order valence-corrected chi connectivity index (χ4v) is 1.60. The highest BCUT2D eigenvalue weighted by Crippen LogP contribution is 2.14. The molecule has 1 aromatic rings. The van der Waals surface area contributed by atoms with Crippen LogP contribution in [0.4, 0.5) is 0 Å². The van der Waals surface area contributed by atoms with E-state index in [1.54, 1.807) is 0 Å². The summed E-state index contributed by atoms with van der Waals surface area (Å²) in [4.78, 5) is 3.23. The van der Waals surface area contributed by atoms with Crippen molar-refractivity contribution in [1.82, 2.24) is 4.98 Å². The molecule has 0 spiro atoms. The second-order valence-corrected chi connectivity index (χ2v) is 3.66. The van der Waals surface area contributed by atoms with E-state index >= 15 is 0 Å². The first kappa shape index (κ1) is 8.85. The van der Waals surface area contributed by atoms with Crippen LogP contribution in [-0.4, -0.2) is 10.3 Å². The van der Waals surface area contributed by atoms with E-state index in [1.807, 2.05) is 0 Å². The van der Waals surface area contributed by atoms with Gasteiger partial charge in [0.25, 0.3) is 0 Å². The monoisotopic (exact) mass is 215 g/mol. The van der Waals surface area contributed by atoms with Crippen molar-refractivity contribution in [1.29, 1.82) is 0 Å². The third-order valence-electron chi connectivity index (χ3n) is 1.99. The molecule has 0 aliphatic rings. The zero-order valence-corrected chi connectivity index (χ0v) is 8.66. The quantitative estimate of drug-likeness (QED) is 0.747. The lowest BCUT2D eigenvalue weighted by Gasteiger charge is -1.98. The molecule has 0 amide bonds. The second-order valence-electron chi connectivity index (χ2n) is 2.87. The van der Waals surface area contributed by atoms with Crippen LogP contribution in [0.3, 0.4) is 0 Å². The van der Waals surface area contributed by atoms with Crippen LogP contribution in [0.15, 0.2) is 6.20 Å². The maximum absolute atomic E-state index is 3.43. The van der Waals surface area contributed by atoms with Crippen LogP contribution in [0.1, 0.15) is 23.2 Å². The van der Waals surface area contributed by atoms with Crippen molar-refractivity contribution < 1.29 is 0 Å². The van der Waals surface area contributed by atoms with Crippen LogP contribution in [0.25, 0.3) is 0 Å². The van der Waals surface area contributed by atoms with Crippen LogP contribution in [-0.2, 0) is 6.42 Å². The van der Waals surface area contributed by atoms with Crippen molar-refractivity contribution in [2.75, 3.05) is 5.33 Å². The lowest BCUT2D eigenvalue weighted by atomic mass is 10.1. The first-order valence-electron chi connectivity index (χ1n) is 3.95. The topological polar surface area (TPSA) is 15.8 Å². The van der Waals surface area contributed by atoms with Gasteiger partial charge in [0.2, 0.25) is 0 Å². The zero-order valence-electron chi connectivity index (χ0n) is 7.08. The number of hydrogen-bond donors (Lipinski definition) is 1. The highest BCUT2D eigenvalue weighted by atomic mass is 79.9. The normalized spacial score (nSPS) is 10.5. The number of aryl methyl sites for hydroxylation is 2. The maximum Gasteiger partial charge on any atom is 0.0150 e. The van der Waals surface area contributed by atoms with Gasteiger partial charge in [0, 0.05) is 17.2 Å².